The third kappa shape index (κ3) is 7.23. The molecule has 2 aliphatic heterocycles. The first-order chi connectivity index (χ1) is 21.2. The van der Waals surface area contributed by atoms with Crippen LogP contribution in [-0.4, -0.2) is 43.1 Å². The Hall–Kier alpha value is -3.10. The van der Waals surface area contributed by atoms with Gasteiger partial charge in [-0.25, -0.2) is 17.6 Å². The van der Waals surface area contributed by atoms with Gasteiger partial charge in [0.1, 0.15) is 29.7 Å². The summed E-state index contributed by atoms with van der Waals surface area (Å²) in [5.41, 5.74) is 2.57. The number of hydrogen-bond acceptors (Lipinski definition) is 4. The lowest BCUT2D eigenvalue weighted by atomic mass is 9.69. The molecular weight excluding hydrogens is 568 g/mol. The fraction of sp³-hybridized carbons (Fsp3) is 0.500. The summed E-state index contributed by atoms with van der Waals surface area (Å²) in [6.07, 6.45) is 7.74. The molecule has 1 aliphatic carbocycles. The van der Waals surface area contributed by atoms with Crippen molar-refractivity contribution in [2.24, 2.45) is 5.41 Å². The van der Waals surface area contributed by atoms with Crippen molar-refractivity contribution in [3.8, 4) is 11.5 Å². The van der Waals surface area contributed by atoms with E-state index in [1.54, 1.807) is 12.1 Å². The summed E-state index contributed by atoms with van der Waals surface area (Å²) in [5.74, 6) is -3.82. The molecule has 1 saturated carbocycles. The second kappa shape index (κ2) is 13.1. The Bertz CT molecular complexity index is 1390. The van der Waals surface area contributed by atoms with Gasteiger partial charge < -0.3 is 14.8 Å². The quantitative estimate of drug-likeness (QED) is 0.261. The average molecular weight is 611 g/mol. The topological polar surface area (TPSA) is 33.7 Å². The molecule has 4 nitrogen and oxygen atoms in total. The largest absolute Gasteiger partial charge is 0.490 e. The standard InChI is InChI=1S/C36H42F4N2O2/c1-35(39,40)24-42-19-12-26-20-28(43-23-25-6-3-2-4-7-25)8-9-30(26)34(42)33-31(37)21-29(22-32(33)38)44-27-10-14-36(15-11-27)13-5-17-41-18-16-36/h2-4,6-9,20-22,27,34,41H,5,10-19,23-24H2,1H3. The molecule has 44 heavy (non-hydrogen) atoms. The van der Waals surface area contributed by atoms with E-state index in [0.29, 0.717) is 29.8 Å². The summed E-state index contributed by atoms with van der Waals surface area (Å²) in [6.45, 7) is 2.94. The maximum absolute atomic E-state index is 15.9. The molecular formula is C36H42F4N2O2. The van der Waals surface area contributed by atoms with Gasteiger partial charge in [0.05, 0.1) is 18.7 Å². The number of fused-ring (bicyclic) bond motifs is 1. The van der Waals surface area contributed by atoms with Gasteiger partial charge in [0.25, 0.3) is 5.92 Å². The summed E-state index contributed by atoms with van der Waals surface area (Å²) in [7, 11) is 0. The van der Waals surface area contributed by atoms with E-state index >= 15 is 8.78 Å². The highest BCUT2D eigenvalue weighted by molar-refractivity contribution is 5.46. The molecule has 1 N–H and O–H groups in total. The van der Waals surface area contributed by atoms with Crippen LogP contribution in [0.3, 0.4) is 0 Å². The Morgan fingerprint density at radius 3 is 2.39 bits per heavy atom. The molecule has 1 unspecified atom stereocenters. The molecule has 3 aromatic rings. The van der Waals surface area contributed by atoms with Crippen molar-refractivity contribution in [2.75, 3.05) is 26.2 Å². The van der Waals surface area contributed by atoms with Gasteiger partial charge in [-0.1, -0.05) is 36.4 Å². The summed E-state index contributed by atoms with van der Waals surface area (Å²) < 4.78 is 72.5. The van der Waals surface area contributed by atoms with Crippen molar-refractivity contribution in [1.82, 2.24) is 10.2 Å². The second-order valence-electron chi connectivity index (χ2n) is 13.0. The molecule has 0 amide bonds. The third-order valence-corrected chi connectivity index (χ3v) is 9.69. The van der Waals surface area contributed by atoms with Crippen molar-refractivity contribution in [1.29, 1.82) is 0 Å². The highest BCUT2D eigenvalue weighted by atomic mass is 19.3. The Morgan fingerprint density at radius 2 is 1.66 bits per heavy atom. The van der Waals surface area contributed by atoms with Crippen LogP contribution in [-0.2, 0) is 13.0 Å². The second-order valence-corrected chi connectivity index (χ2v) is 13.0. The van der Waals surface area contributed by atoms with Gasteiger partial charge in [-0.15, -0.1) is 0 Å². The number of ether oxygens (including phenoxy) is 2. The lowest BCUT2D eigenvalue weighted by Crippen LogP contribution is -2.43. The van der Waals surface area contributed by atoms with Crippen LogP contribution in [0.2, 0.25) is 0 Å². The van der Waals surface area contributed by atoms with Crippen molar-refractivity contribution >= 4 is 0 Å². The monoisotopic (exact) mass is 610 g/mol. The normalized spacial score (nSPS) is 24.5. The van der Waals surface area contributed by atoms with Gasteiger partial charge in [-0.3, -0.25) is 4.90 Å². The zero-order valence-corrected chi connectivity index (χ0v) is 25.4. The lowest BCUT2D eigenvalue weighted by molar-refractivity contribution is -0.0246. The number of alkyl halides is 2. The molecule has 0 aromatic heterocycles. The average Bonchev–Trinajstić information content (AvgIpc) is 3.23. The minimum atomic E-state index is -3.03. The molecule has 236 valence electrons. The van der Waals surface area contributed by atoms with Crippen LogP contribution in [0.15, 0.2) is 60.7 Å². The van der Waals surface area contributed by atoms with Gasteiger partial charge >= 0.3 is 0 Å². The Kier molecular flexibility index (Phi) is 9.20. The molecule has 0 radical (unpaired) electrons. The van der Waals surface area contributed by atoms with Crippen molar-refractivity contribution in [3.05, 3.63) is 94.6 Å². The number of rotatable bonds is 8. The van der Waals surface area contributed by atoms with Crippen LogP contribution in [0.1, 0.15) is 80.2 Å². The molecule has 2 fully saturated rings. The fourth-order valence-corrected chi connectivity index (χ4v) is 7.45. The number of benzene rings is 3. The van der Waals surface area contributed by atoms with Gasteiger partial charge in [0.15, 0.2) is 0 Å². The molecule has 3 aliphatic rings. The van der Waals surface area contributed by atoms with Crippen LogP contribution >= 0.6 is 0 Å². The van der Waals surface area contributed by atoms with E-state index in [1.165, 1.54) is 29.9 Å². The Balaban J connectivity index is 1.22. The van der Waals surface area contributed by atoms with Crippen LogP contribution in [0.5, 0.6) is 11.5 Å². The number of nitrogens with zero attached hydrogens (tertiary/aromatic N) is 1. The van der Waals surface area contributed by atoms with Gasteiger partial charge in [0.2, 0.25) is 0 Å². The highest BCUT2D eigenvalue weighted by Crippen LogP contribution is 2.45. The minimum Gasteiger partial charge on any atom is -0.490 e. The first-order valence-electron chi connectivity index (χ1n) is 16.0. The number of nitrogens with one attached hydrogen (secondary N) is 1. The molecule has 0 bridgehead atoms. The molecule has 1 spiro atoms. The number of halogens is 4. The molecule has 3 aromatic carbocycles. The minimum absolute atomic E-state index is 0.0958. The van der Waals surface area contributed by atoms with E-state index in [0.717, 1.165) is 63.2 Å². The third-order valence-electron chi connectivity index (χ3n) is 9.69. The molecule has 1 atom stereocenters. The fourth-order valence-electron chi connectivity index (χ4n) is 7.45. The molecule has 8 heteroatoms. The summed E-state index contributed by atoms with van der Waals surface area (Å²) >= 11 is 0. The van der Waals surface area contributed by atoms with Crippen molar-refractivity contribution in [3.63, 3.8) is 0 Å². The summed E-state index contributed by atoms with van der Waals surface area (Å²) in [6, 6.07) is 16.6. The first kappa shape index (κ1) is 30.9. The van der Waals surface area contributed by atoms with Crippen LogP contribution in [0, 0.1) is 17.0 Å². The van der Waals surface area contributed by atoms with E-state index in [-0.39, 0.29) is 24.0 Å². The van der Waals surface area contributed by atoms with E-state index in [2.05, 4.69) is 5.32 Å². The highest BCUT2D eigenvalue weighted by Gasteiger charge is 2.39. The lowest BCUT2D eigenvalue weighted by Gasteiger charge is -2.40. The molecule has 6 rings (SSSR count). The SMILES string of the molecule is CC(F)(F)CN1CCc2cc(OCc3ccccc3)ccc2C1c1c(F)cc(OC2CCC3(CCCNCC3)CC2)cc1F. The van der Waals surface area contributed by atoms with Gasteiger partial charge in [-0.2, -0.15) is 0 Å². The van der Waals surface area contributed by atoms with Gasteiger partial charge in [0, 0.05) is 31.2 Å². The predicted octanol–water partition coefficient (Wildman–Crippen LogP) is 8.23. The Morgan fingerprint density at radius 1 is 0.909 bits per heavy atom. The zero-order valence-electron chi connectivity index (χ0n) is 25.4. The van der Waals surface area contributed by atoms with Crippen LogP contribution < -0.4 is 14.8 Å². The maximum atomic E-state index is 15.9. The van der Waals surface area contributed by atoms with E-state index in [9.17, 15) is 8.78 Å². The Labute approximate surface area is 257 Å². The van der Waals surface area contributed by atoms with Crippen LogP contribution in [0.4, 0.5) is 17.6 Å². The maximum Gasteiger partial charge on any atom is 0.257 e. The predicted molar refractivity (Wildman–Crippen MR) is 163 cm³/mol. The van der Waals surface area contributed by atoms with Crippen LogP contribution in [0.25, 0.3) is 0 Å². The van der Waals surface area contributed by atoms with E-state index in [1.807, 2.05) is 36.4 Å². The summed E-state index contributed by atoms with van der Waals surface area (Å²) in [5, 5.41) is 3.48. The van der Waals surface area contributed by atoms with Crippen molar-refractivity contribution < 1.29 is 27.0 Å². The molecule has 2 heterocycles. The molecule has 1 saturated heterocycles. The smallest absolute Gasteiger partial charge is 0.257 e. The van der Waals surface area contributed by atoms with E-state index in [4.69, 9.17) is 9.47 Å². The number of hydrogen-bond donors (Lipinski definition) is 1. The van der Waals surface area contributed by atoms with Crippen molar-refractivity contribution in [2.45, 2.75) is 83.0 Å². The summed E-state index contributed by atoms with van der Waals surface area (Å²) in [4.78, 5) is 1.48. The van der Waals surface area contributed by atoms with E-state index < -0.39 is 30.1 Å². The first-order valence-corrected chi connectivity index (χ1v) is 16.0. The van der Waals surface area contributed by atoms with Gasteiger partial charge in [-0.05, 0) is 98.7 Å². The zero-order chi connectivity index (χ0) is 30.7.